The van der Waals surface area contributed by atoms with Gasteiger partial charge in [-0.15, -0.1) is 0 Å². The number of amides is 2. The molecular formula is C19H19N3O5. The number of hydrogen-bond acceptors (Lipinski definition) is 5. The van der Waals surface area contributed by atoms with Gasteiger partial charge in [0.15, 0.2) is 6.61 Å². The molecule has 2 aromatic rings. The van der Waals surface area contributed by atoms with Gasteiger partial charge in [-0.25, -0.2) is 10.2 Å². The van der Waals surface area contributed by atoms with Gasteiger partial charge >= 0.3 is 17.8 Å². The van der Waals surface area contributed by atoms with Crippen LogP contribution in [-0.2, 0) is 14.4 Å². The summed E-state index contributed by atoms with van der Waals surface area (Å²) in [5.41, 5.74) is 3.67. The monoisotopic (exact) mass is 369 g/mol. The summed E-state index contributed by atoms with van der Waals surface area (Å²) in [5, 5.41) is 14.9. The largest absolute Gasteiger partial charge is 0.482 e. The van der Waals surface area contributed by atoms with E-state index in [9.17, 15) is 14.4 Å². The van der Waals surface area contributed by atoms with E-state index < -0.39 is 24.4 Å². The van der Waals surface area contributed by atoms with Gasteiger partial charge in [-0.2, -0.15) is 5.10 Å². The summed E-state index contributed by atoms with van der Waals surface area (Å²) in [6, 6.07) is 15.3. The smallest absolute Gasteiger partial charge is 0.341 e. The first-order valence-corrected chi connectivity index (χ1v) is 8.09. The number of carbonyl (C=O) groups excluding carboxylic acids is 2. The molecule has 0 aromatic heterocycles. The molecule has 8 nitrogen and oxygen atoms in total. The van der Waals surface area contributed by atoms with Gasteiger partial charge < -0.3 is 15.2 Å². The first-order valence-electron chi connectivity index (χ1n) is 8.09. The van der Waals surface area contributed by atoms with Crippen LogP contribution in [0.2, 0.25) is 0 Å². The maximum Gasteiger partial charge on any atom is 0.341 e. The predicted molar refractivity (Wildman–Crippen MR) is 98.3 cm³/mol. The van der Waals surface area contributed by atoms with Crippen molar-refractivity contribution in [3.05, 3.63) is 65.7 Å². The molecule has 2 amide bonds. The molecular weight excluding hydrogens is 350 g/mol. The Morgan fingerprint density at radius 2 is 1.74 bits per heavy atom. The van der Waals surface area contributed by atoms with Gasteiger partial charge in [0.25, 0.3) is 0 Å². The Morgan fingerprint density at radius 1 is 1.07 bits per heavy atom. The van der Waals surface area contributed by atoms with Gasteiger partial charge in [-0.1, -0.05) is 30.3 Å². The van der Waals surface area contributed by atoms with Crippen molar-refractivity contribution in [2.75, 3.05) is 6.61 Å². The molecule has 0 saturated carbocycles. The highest BCUT2D eigenvalue weighted by molar-refractivity contribution is 6.35. The molecule has 3 N–H and O–H groups in total. The number of ether oxygens (including phenoxy) is 1. The van der Waals surface area contributed by atoms with Gasteiger partial charge in [-0.3, -0.25) is 9.59 Å². The first kappa shape index (κ1) is 19.6. The summed E-state index contributed by atoms with van der Waals surface area (Å²) < 4.78 is 5.00. The predicted octanol–water partition coefficient (Wildman–Crippen LogP) is 1.48. The number of carboxylic acids is 1. The van der Waals surface area contributed by atoms with E-state index in [1.165, 1.54) is 6.21 Å². The van der Waals surface area contributed by atoms with Crippen molar-refractivity contribution in [1.82, 2.24) is 10.7 Å². The highest BCUT2D eigenvalue weighted by Gasteiger charge is 2.16. The molecule has 2 rings (SSSR count). The number of hydrazone groups is 1. The van der Waals surface area contributed by atoms with Crippen molar-refractivity contribution in [1.29, 1.82) is 0 Å². The molecule has 140 valence electrons. The third-order valence-corrected chi connectivity index (χ3v) is 3.48. The third-order valence-electron chi connectivity index (χ3n) is 3.48. The highest BCUT2D eigenvalue weighted by Crippen LogP contribution is 2.11. The van der Waals surface area contributed by atoms with E-state index in [1.54, 1.807) is 31.2 Å². The Balaban J connectivity index is 1.81. The maximum absolute atomic E-state index is 11.9. The lowest BCUT2D eigenvalue weighted by atomic mass is 10.1. The molecule has 8 heteroatoms. The zero-order chi connectivity index (χ0) is 19.6. The number of carbonyl (C=O) groups is 3. The van der Waals surface area contributed by atoms with Crippen LogP contribution < -0.4 is 15.5 Å². The molecule has 0 unspecified atom stereocenters. The molecule has 0 aliphatic heterocycles. The number of rotatable bonds is 7. The molecule has 1 atom stereocenters. The van der Waals surface area contributed by atoms with E-state index >= 15 is 0 Å². The molecule has 0 fully saturated rings. The van der Waals surface area contributed by atoms with E-state index in [2.05, 4.69) is 15.8 Å². The number of hydrogen-bond donors (Lipinski definition) is 3. The normalized spacial score (nSPS) is 11.6. The van der Waals surface area contributed by atoms with Crippen molar-refractivity contribution < 1.29 is 24.2 Å². The SMILES string of the molecule is C[C@@H](NC(=O)C(=O)N/N=C\c1ccc(OCC(=O)O)cc1)c1ccccc1. The fraction of sp³-hybridized carbons (Fsp3) is 0.158. The average molecular weight is 369 g/mol. The van der Waals surface area contributed by atoms with Crippen LogP contribution >= 0.6 is 0 Å². The van der Waals surface area contributed by atoms with Crippen LogP contribution in [0.1, 0.15) is 24.1 Å². The van der Waals surface area contributed by atoms with Crippen LogP contribution in [-0.4, -0.2) is 35.7 Å². The van der Waals surface area contributed by atoms with Crippen LogP contribution in [0.3, 0.4) is 0 Å². The van der Waals surface area contributed by atoms with Crippen molar-refractivity contribution >= 4 is 24.0 Å². The van der Waals surface area contributed by atoms with E-state index in [4.69, 9.17) is 9.84 Å². The maximum atomic E-state index is 11.9. The third kappa shape index (κ3) is 6.62. The van der Waals surface area contributed by atoms with Gasteiger partial charge in [0.1, 0.15) is 5.75 Å². The van der Waals surface area contributed by atoms with E-state index in [0.717, 1.165) is 5.56 Å². The van der Waals surface area contributed by atoms with Crippen LogP contribution in [0.25, 0.3) is 0 Å². The quantitative estimate of drug-likeness (QED) is 0.388. The minimum Gasteiger partial charge on any atom is -0.482 e. The van der Waals surface area contributed by atoms with Crippen LogP contribution in [0.5, 0.6) is 5.75 Å². The molecule has 27 heavy (non-hydrogen) atoms. The Labute approximate surface area is 155 Å². The average Bonchev–Trinajstić information content (AvgIpc) is 2.67. The molecule has 0 heterocycles. The summed E-state index contributed by atoms with van der Waals surface area (Å²) >= 11 is 0. The highest BCUT2D eigenvalue weighted by atomic mass is 16.5. The second kappa shape index (κ2) is 9.71. The molecule has 0 saturated heterocycles. The molecule has 2 aromatic carbocycles. The Kier molecular flexibility index (Phi) is 7.07. The number of benzene rings is 2. The summed E-state index contributed by atoms with van der Waals surface area (Å²) in [6.07, 6.45) is 1.35. The molecule has 0 bridgehead atoms. The molecule has 0 radical (unpaired) electrons. The van der Waals surface area contributed by atoms with E-state index in [-0.39, 0.29) is 6.04 Å². The topological polar surface area (TPSA) is 117 Å². The lowest BCUT2D eigenvalue weighted by Crippen LogP contribution is -2.39. The fourth-order valence-electron chi connectivity index (χ4n) is 2.10. The standard InChI is InChI=1S/C19H19N3O5/c1-13(15-5-3-2-4-6-15)21-18(25)19(26)22-20-11-14-7-9-16(10-8-14)27-12-17(23)24/h2-11,13H,12H2,1H3,(H,21,25)(H,22,26)(H,23,24)/b20-11-/t13-/m1/s1. The minimum absolute atomic E-state index is 0.313. The summed E-state index contributed by atoms with van der Waals surface area (Å²) in [7, 11) is 0. The lowest BCUT2D eigenvalue weighted by Gasteiger charge is -2.13. The van der Waals surface area contributed by atoms with Crippen LogP contribution in [0.15, 0.2) is 59.7 Å². The second-order valence-electron chi connectivity index (χ2n) is 5.56. The van der Waals surface area contributed by atoms with Crippen molar-refractivity contribution in [2.45, 2.75) is 13.0 Å². The van der Waals surface area contributed by atoms with Crippen molar-refractivity contribution in [2.24, 2.45) is 5.10 Å². The number of aliphatic carboxylic acids is 1. The Morgan fingerprint density at radius 3 is 2.37 bits per heavy atom. The number of nitrogens with one attached hydrogen (secondary N) is 2. The van der Waals surface area contributed by atoms with Gasteiger partial charge in [-0.05, 0) is 42.3 Å². The second-order valence-corrected chi connectivity index (χ2v) is 5.56. The van der Waals surface area contributed by atoms with Gasteiger partial charge in [0.2, 0.25) is 0 Å². The number of nitrogens with zero attached hydrogens (tertiary/aromatic N) is 1. The number of carboxylic acid groups (broad SMARTS) is 1. The zero-order valence-electron chi connectivity index (χ0n) is 14.6. The summed E-state index contributed by atoms with van der Waals surface area (Å²) in [4.78, 5) is 34.1. The van der Waals surface area contributed by atoms with Gasteiger partial charge in [0.05, 0.1) is 12.3 Å². The Bertz CT molecular complexity index is 819. The van der Waals surface area contributed by atoms with Crippen LogP contribution in [0, 0.1) is 0 Å². The van der Waals surface area contributed by atoms with Crippen molar-refractivity contribution in [3.8, 4) is 5.75 Å². The van der Waals surface area contributed by atoms with Gasteiger partial charge in [0, 0.05) is 0 Å². The van der Waals surface area contributed by atoms with E-state index in [0.29, 0.717) is 11.3 Å². The summed E-state index contributed by atoms with van der Waals surface area (Å²) in [6.45, 7) is 1.35. The lowest BCUT2D eigenvalue weighted by molar-refractivity contribution is -0.139. The van der Waals surface area contributed by atoms with Crippen LogP contribution in [0.4, 0.5) is 0 Å². The zero-order valence-corrected chi connectivity index (χ0v) is 14.6. The minimum atomic E-state index is -1.07. The van der Waals surface area contributed by atoms with E-state index in [1.807, 2.05) is 30.3 Å². The fourth-order valence-corrected chi connectivity index (χ4v) is 2.10. The molecule has 0 aliphatic rings. The summed E-state index contributed by atoms with van der Waals surface area (Å²) in [5.74, 6) is -2.34. The first-order chi connectivity index (χ1) is 13.0. The Hall–Kier alpha value is -3.68. The molecule has 0 spiro atoms. The molecule has 0 aliphatic carbocycles. The van der Waals surface area contributed by atoms with Crippen molar-refractivity contribution in [3.63, 3.8) is 0 Å².